The van der Waals surface area contributed by atoms with Gasteiger partial charge in [0.1, 0.15) is 0 Å². The third-order valence-electron chi connectivity index (χ3n) is 4.51. The molecule has 10 nitrogen and oxygen atoms in total. The van der Waals surface area contributed by atoms with Crippen molar-refractivity contribution in [2.75, 3.05) is 0 Å². The SMILES string of the molecule is C=CCC1(CC(=C)Br)C(=O)NC(=O)N=C1[O-].C=CCC1(CC(=C)Br)C(=O)NC(=O)N=C1[O-].[Ca+2]. The van der Waals surface area contributed by atoms with Crippen molar-refractivity contribution in [3.05, 3.63) is 47.4 Å². The minimum Gasteiger partial charge on any atom is -0.861 e. The van der Waals surface area contributed by atoms with Crippen molar-refractivity contribution in [3.8, 4) is 0 Å². The van der Waals surface area contributed by atoms with Crippen molar-refractivity contribution in [2.45, 2.75) is 25.7 Å². The molecule has 2 aliphatic heterocycles. The Morgan fingerprint density at radius 3 is 1.33 bits per heavy atom. The van der Waals surface area contributed by atoms with Crippen LogP contribution in [-0.4, -0.2) is 73.4 Å². The zero-order valence-electron chi connectivity index (χ0n) is 17.6. The summed E-state index contributed by atoms with van der Waals surface area (Å²) in [4.78, 5) is 51.7. The first kappa shape index (κ1) is 31.4. The number of carbonyl (C=O) groups excluding carboxylic acids is 4. The molecule has 0 saturated carbocycles. The fourth-order valence-corrected chi connectivity index (χ4v) is 4.00. The molecule has 0 aromatic rings. The summed E-state index contributed by atoms with van der Waals surface area (Å²) in [6, 6.07) is -1.84. The Labute approximate surface area is 237 Å². The van der Waals surface area contributed by atoms with Gasteiger partial charge in [0.05, 0.1) is 10.8 Å². The second-order valence-electron chi connectivity index (χ2n) is 6.89. The van der Waals surface area contributed by atoms with Gasteiger partial charge in [0.15, 0.2) is 0 Å². The number of nitrogens with zero attached hydrogens (tertiary/aromatic N) is 2. The second kappa shape index (κ2) is 13.3. The maximum atomic E-state index is 11.7. The van der Waals surface area contributed by atoms with Gasteiger partial charge in [-0.25, -0.2) is 19.6 Å². The molecule has 0 aromatic heterocycles. The van der Waals surface area contributed by atoms with Crippen molar-refractivity contribution in [1.82, 2.24) is 10.6 Å². The molecule has 2 unspecified atom stereocenters. The normalized spacial score (nSPS) is 23.9. The van der Waals surface area contributed by atoms with Gasteiger partial charge in [-0.05, 0) is 46.4 Å². The van der Waals surface area contributed by atoms with Gasteiger partial charge in [-0.15, -0.1) is 13.2 Å². The molecule has 2 N–H and O–H groups in total. The Morgan fingerprint density at radius 2 is 1.12 bits per heavy atom. The first-order valence-electron chi connectivity index (χ1n) is 8.96. The second-order valence-corrected chi connectivity index (χ2v) is 9.13. The fourth-order valence-electron chi connectivity index (χ4n) is 3.05. The Balaban J connectivity index is 0.000000602. The molecule has 33 heavy (non-hydrogen) atoms. The Bertz CT molecular complexity index is 888. The van der Waals surface area contributed by atoms with E-state index in [1.54, 1.807) is 0 Å². The summed E-state index contributed by atoms with van der Waals surface area (Å²) in [6.45, 7) is 14.2. The summed E-state index contributed by atoms with van der Waals surface area (Å²) in [6.07, 6.45) is 3.27. The fraction of sp³-hybridized carbons (Fsp3) is 0.300. The number of amides is 6. The average molecular weight is 612 g/mol. The molecule has 0 bridgehead atoms. The largest absolute Gasteiger partial charge is 2.00 e. The third-order valence-corrected chi connectivity index (χ3v) is 5.07. The summed E-state index contributed by atoms with van der Waals surface area (Å²) >= 11 is 6.20. The minimum absolute atomic E-state index is 0. The van der Waals surface area contributed by atoms with Crippen LogP contribution in [0.1, 0.15) is 25.7 Å². The number of rotatable bonds is 8. The molecule has 0 fully saturated rings. The number of aliphatic imine (C=N–C) groups is 2. The maximum Gasteiger partial charge on any atom is 2.00 e. The molecule has 172 valence electrons. The van der Waals surface area contributed by atoms with Crippen LogP contribution in [0.15, 0.2) is 57.4 Å². The number of hydrogen-bond donors (Lipinski definition) is 2. The summed E-state index contributed by atoms with van der Waals surface area (Å²) in [5.74, 6) is -2.81. The molecule has 2 aliphatic rings. The number of imide groups is 2. The molecule has 2 heterocycles. The molecule has 0 saturated heterocycles. The van der Waals surface area contributed by atoms with Gasteiger partial charge < -0.3 is 10.2 Å². The van der Waals surface area contributed by atoms with Crippen molar-refractivity contribution in [3.63, 3.8) is 0 Å². The predicted molar refractivity (Wildman–Crippen MR) is 128 cm³/mol. The van der Waals surface area contributed by atoms with Crippen LogP contribution in [0.5, 0.6) is 0 Å². The van der Waals surface area contributed by atoms with Crippen LogP contribution in [0.3, 0.4) is 0 Å². The average Bonchev–Trinajstić information content (AvgIpc) is 2.64. The summed E-state index contributed by atoms with van der Waals surface area (Å²) < 4.78 is 0.977. The first-order valence-corrected chi connectivity index (χ1v) is 10.5. The molecule has 2 rings (SSSR count). The van der Waals surface area contributed by atoms with E-state index < -0.39 is 46.5 Å². The van der Waals surface area contributed by atoms with E-state index in [0.717, 1.165) is 0 Å². The van der Waals surface area contributed by atoms with Crippen molar-refractivity contribution in [2.24, 2.45) is 20.8 Å². The van der Waals surface area contributed by atoms with E-state index in [-0.39, 0.29) is 63.4 Å². The van der Waals surface area contributed by atoms with Crippen LogP contribution in [0, 0.1) is 10.8 Å². The van der Waals surface area contributed by atoms with Gasteiger partial charge in [-0.2, -0.15) is 0 Å². The van der Waals surface area contributed by atoms with Crippen LogP contribution in [0.25, 0.3) is 0 Å². The van der Waals surface area contributed by atoms with Gasteiger partial charge >= 0.3 is 49.8 Å². The van der Waals surface area contributed by atoms with E-state index in [1.165, 1.54) is 12.2 Å². The van der Waals surface area contributed by atoms with Crippen LogP contribution >= 0.6 is 31.9 Å². The van der Waals surface area contributed by atoms with Gasteiger partial charge in [0, 0.05) is 0 Å². The van der Waals surface area contributed by atoms with E-state index in [4.69, 9.17) is 0 Å². The number of halogens is 2. The Kier molecular flexibility index (Phi) is 12.7. The smallest absolute Gasteiger partial charge is 0.861 e. The standard InChI is InChI=1S/2C10H11BrN2O3.Ca/c2*1-3-4-10(5-6(2)11)7(14)12-9(16)13-8(10)15;/h2*3H,1-2,4-5H2,(H2,12,13,14,15,16);/q;;+2/p-2. The molecular weight excluding hydrogens is 592 g/mol. The molecule has 13 heteroatoms. The third kappa shape index (κ3) is 7.71. The molecular formula is C20H20Br2CaN4O6. The van der Waals surface area contributed by atoms with Crippen LogP contribution in [-0.2, 0) is 9.59 Å². The summed E-state index contributed by atoms with van der Waals surface area (Å²) in [7, 11) is 0. The zero-order chi connectivity index (χ0) is 24.7. The van der Waals surface area contributed by atoms with Crippen LogP contribution in [0.2, 0.25) is 0 Å². The number of hydrogen-bond acceptors (Lipinski definition) is 6. The molecule has 6 amide bonds. The summed E-state index contributed by atoms with van der Waals surface area (Å²) in [5.41, 5.74) is -2.79. The topological polar surface area (TPSA) is 163 Å². The van der Waals surface area contributed by atoms with E-state index in [1.807, 2.05) is 10.6 Å². The number of nitrogens with one attached hydrogen (secondary N) is 2. The molecule has 0 aliphatic carbocycles. The van der Waals surface area contributed by atoms with Crippen molar-refractivity contribution < 1.29 is 29.4 Å². The summed E-state index contributed by atoms with van der Waals surface area (Å²) in [5, 5.41) is 27.4. The molecule has 0 aromatic carbocycles. The Morgan fingerprint density at radius 1 is 0.818 bits per heavy atom. The maximum absolute atomic E-state index is 11.7. The monoisotopic (exact) mass is 610 g/mol. The molecule has 2 atom stereocenters. The van der Waals surface area contributed by atoms with Gasteiger partial charge in [-0.3, -0.25) is 20.2 Å². The van der Waals surface area contributed by atoms with E-state index >= 15 is 0 Å². The van der Waals surface area contributed by atoms with Crippen LogP contribution < -0.4 is 20.8 Å². The Hall–Kier alpha value is -1.60. The number of allylic oxidation sites excluding steroid dienone is 4. The van der Waals surface area contributed by atoms with Crippen molar-refractivity contribution in [1.29, 1.82) is 0 Å². The molecule has 0 spiro atoms. The van der Waals surface area contributed by atoms with E-state index in [0.29, 0.717) is 8.96 Å². The van der Waals surface area contributed by atoms with Crippen LogP contribution in [0.4, 0.5) is 9.59 Å². The van der Waals surface area contributed by atoms with E-state index in [2.05, 4.69) is 68.2 Å². The van der Waals surface area contributed by atoms with Gasteiger partial charge in [0.25, 0.3) is 0 Å². The first-order chi connectivity index (χ1) is 14.8. The quantitative estimate of drug-likeness (QED) is 0.311. The molecule has 0 radical (unpaired) electrons. The van der Waals surface area contributed by atoms with Gasteiger partial charge in [0.2, 0.25) is 11.8 Å². The van der Waals surface area contributed by atoms with Gasteiger partial charge in [-0.1, -0.05) is 57.2 Å². The minimum atomic E-state index is -1.39. The van der Waals surface area contributed by atoms with Crippen molar-refractivity contribution >= 4 is 105 Å². The number of urea groups is 2. The van der Waals surface area contributed by atoms with E-state index in [9.17, 15) is 29.4 Å². The zero-order valence-corrected chi connectivity index (χ0v) is 23.0. The predicted octanol–water partition coefficient (Wildman–Crippen LogP) is 1.33. The number of carbonyl (C=O) groups is 4.